The molecule has 30 heavy (non-hydrogen) atoms. The van der Waals surface area contributed by atoms with Crippen molar-refractivity contribution in [1.29, 1.82) is 0 Å². The maximum Gasteiger partial charge on any atom is 0.252 e. The van der Waals surface area contributed by atoms with Crippen molar-refractivity contribution in [3.63, 3.8) is 0 Å². The number of unbranched alkanes of at least 4 members (excludes halogenated alkanes) is 7. The maximum atomic E-state index is 12.0. The predicted octanol–water partition coefficient (Wildman–Crippen LogP) is 3.37. The summed E-state index contributed by atoms with van der Waals surface area (Å²) < 4.78 is 0. The largest absolute Gasteiger partial charge is 0.350 e. The molecule has 6 nitrogen and oxygen atoms in total. The van der Waals surface area contributed by atoms with Crippen molar-refractivity contribution >= 4 is 18.3 Å². The number of amides is 1. The van der Waals surface area contributed by atoms with Crippen molar-refractivity contribution in [1.82, 2.24) is 20.5 Å². The van der Waals surface area contributed by atoms with Crippen LogP contribution in [0.5, 0.6) is 0 Å². The number of carbonyl (C=O) groups is 1. The molecule has 0 unspecified atom stereocenters. The van der Waals surface area contributed by atoms with Crippen molar-refractivity contribution < 1.29 is 4.79 Å². The Balaban J connectivity index is 0.00000450. The first-order valence-corrected chi connectivity index (χ1v) is 11.6. The van der Waals surface area contributed by atoms with E-state index in [4.69, 9.17) is 5.73 Å². The molecule has 0 bridgehead atoms. The molecule has 2 atom stereocenters. The first-order valence-electron chi connectivity index (χ1n) is 11.6. The van der Waals surface area contributed by atoms with Gasteiger partial charge in [0, 0.05) is 50.7 Å². The van der Waals surface area contributed by atoms with Gasteiger partial charge in [0.25, 0.3) is 5.91 Å². The third kappa shape index (κ3) is 11.3. The Morgan fingerprint density at radius 2 is 1.93 bits per heavy atom. The monoisotopic (exact) mass is 439 g/mol. The molecule has 1 saturated heterocycles. The number of halogens is 1. The molecule has 2 heterocycles. The fourth-order valence-corrected chi connectivity index (χ4v) is 3.92. The minimum Gasteiger partial charge on any atom is -0.350 e. The Morgan fingerprint density at radius 3 is 2.60 bits per heavy atom. The second kappa shape index (κ2) is 16.5. The summed E-state index contributed by atoms with van der Waals surface area (Å²) in [4.78, 5) is 18.6. The Bertz CT molecular complexity index is 560. The summed E-state index contributed by atoms with van der Waals surface area (Å²) in [5, 5.41) is 6.35. The van der Waals surface area contributed by atoms with E-state index in [2.05, 4.69) is 27.4 Å². The molecular formula is C23H42ClN5O. The molecule has 172 valence electrons. The number of nitrogens with zero attached hydrogens (tertiary/aromatic N) is 2. The number of nitrogens with two attached hydrogens (primary N) is 1. The lowest BCUT2D eigenvalue weighted by Crippen LogP contribution is -2.49. The van der Waals surface area contributed by atoms with Gasteiger partial charge in [0.15, 0.2) is 0 Å². The van der Waals surface area contributed by atoms with Crippen molar-refractivity contribution in [2.75, 3.05) is 32.7 Å². The lowest BCUT2D eigenvalue weighted by molar-refractivity contribution is 0.0950. The summed E-state index contributed by atoms with van der Waals surface area (Å²) in [6.07, 6.45) is 14.6. The van der Waals surface area contributed by atoms with E-state index in [1.165, 1.54) is 58.0 Å². The molecule has 1 fully saturated rings. The van der Waals surface area contributed by atoms with Gasteiger partial charge < -0.3 is 16.4 Å². The molecular weight excluding hydrogens is 398 g/mol. The van der Waals surface area contributed by atoms with Gasteiger partial charge >= 0.3 is 0 Å². The van der Waals surface area contributed by atoms with E-state index >= 15 is 0 Å². The zero-order valence-electron chi connectivity index (χ0n) is 18.7. The fraction of sp³-hybridized carbons (Fsp3) is 0.739. The Labute approximate surface area is 189 Å². The highest BCUT2D eigenvalue weighted by Crippen LogP contribution is 2.12. The normalized spacial score (nSPS) is 17.9. The topological polar surface area (TPSA) is 83.3 Å². The molecule has 2 rings (SSSR count). The molecule has 1 amide bonds. The van der Waals surface area contributed by atoms with E-state index < -0.39 is 0 Å². The van der Waals surface area contributed by atoms with Gasteiger partial charge in [-0.15, -0.1) is 12.4 Å². The molecule has 0 aromatic carbocycles. The third-order valence-electron chi connectivity index (χ3n) is 5.86. The predicted molar refractivity (Wildman–Crippen MR) is 127 cm³/mol. The molecule has 0 spiro atoms. The van der Waals surface area contributed by atoms with Gasteiger partial charge in [0.05, 0.1) is 5.56 Å². The molecule has 0 aliphatic carbocycles. The summed E-state index contributed by atoms with van der Waals surface area (Å²) in [6.45, 7) is 7.60. The van der Waals surface area contributed by atoms with Gasteiger partial charge in [-0.25, -0.2) is 0 Å². The van der Waals surface area contributed by atoms with Crippen LogP contribution < -0.4 is 16.4 Å². The summed E-state index contributed by atoms with van der Waals surface area (Å²) in [5.74, 6) is -0.0973. The van der Waals surface area contributed by atoms with E-state index in [0.29, 0.717) is 18.2 Å². The lowest BCUT2D eigenvalue weighted by atomic mass is 10.0. The maximum absolute atomic E-state index is 12.0. The average Bonchev–Trinajstić information content (AvgIpc) is 2.75. The summed E-state index contributed by atoms with van der Waals surface area (Å²) >= 11 is 0. The van der Waals surface area contributed by atoms with Crippen LogP contribution in [0.25, 0.3) is 0 Å². The zero-order chi connectivity index (χ0) is 20.7. The second-order valence-electron chi connectivity index (χ2n) is 8.42. The number of carbonyl (C=O) groups excluding carboxylic acids is 1. The fourth-order valence-electron chi connectivity index (χ4n) is 3.92. The highest BCUT2D eigenvalue weighted by Gasteiger charge is 2.16. The standard InChI is InChI=1S/C23H41N5O.ClH/c1-20-17-26-14-16-28(20)15-9-7-5-3-2-4-6-8-12-22(24)19-27-23(29)21-11-10-13-25-18-21;/h10-11,13,18,20,22,26H,2-9,12,14-17,19,24H2,1H3,(H,27,29);1H/t20-,22-;/m0./s1. The van der Waals surface area contributed by atoms with Gasteiger partial charge in [-0.2, -0.15) is 0 Å². The van der Waals surface area contributed by atoms with Crippen LogP contribution in [0, 0.1) is 0 Å². The summed E-state index contributed by atoms with van der Waals surface area (Å²) in [6, 6.07) is 4.25. The number of aromatic nitrogens is 1. The van der Waals surface area contributed by atoms with Crippen molar-refractivity contribution in [2.24, 2.45) is 5.73 Å². The lowest BCUT2D eigenvalue weighted by Gasteiger charge is -2.33. The number of pyridine rings is 1. The first-order chi connectivity index (χ1) is 14.2. The van der Waals surface area contributed by atoms with Crippen LogP contribution in [0.2, 0.25) is 0 Å². The van der Waals surface area contributed by atoms with Crippen molar-refractivity contribution in [3.8, 4) is 0 Å². The van der Waals surface area contributed by atoms with Crippen LogP contribution in [0.1, 0.15) is 75.1 Å². The van der Waals surface area contributed by atoms with Gasteiger partial charge in [-0.05, 0) is 38.4 Å². The zero-order valence-corrected chi connectivity index (χ0v) is 19.5. The number of hydrogen-bond donors (Lipinski definition) is 3. The molecule has 0 radical (unpaired) electrons. The number of hydrogen-bond acceptors (Lipinski definition) is 5. The molecule has 0 saturated carbocycles. The average molecular weight is 440 g/mol. The minimum absolute atomic E-state index is 0. The Kier molecular flexibility index (Phi) is 14.7. The van der Waals surface area contributed by atoms with E-state index in [-0.39, 0.29) is 24.4 Å². The molecule has 1 aliphatic rings. The van der Waals surface area contributed by atoms with Crippen LogP contribution in [0.15, 0.2) is 24.5 Å². The van der Waals surface area contributed by atoms with E-state index in [9.17, 15) is 4.79 Å². The molecule has 1 aromatic heterocycles. The number of rotatable bonds is 14. The Morgan fingerprint density at radius 1 is 1.23 bits per heavy atom. The van der Waals surface area contributed by atoms with Gasteiger partial charge in [-0.3, -0.25) is 14.7 Å². The highest BCUT2D eigenvalue weighted by molar-refractivity contribution is 5.93. The molecule has 7 heteroatoms. The van der Waals surface area contributed by atoms with Gasteiger partial charge in [-0.1, -0.05) is 44.9 Å². The molecule has 1 aliphatic heterocycles. The number of piperazine rings is 1. The van der Waals surface area contributed by atoms with Crippen LogP contribution >= 0.6 is 12.4 Å². The van der Waals surface area contributed by atoms with Crippen LogP contribution in [-0.4, -0.2) is 60.6 Å². The second-order valence-corrected chi connectivity index (χ2v) is 8.42. The molecule has 1 aromatic rings. The van der Waals surface area contributed by atoms with E-state index in [1.807, 2.05) is 0 Å². The van der Waals surface area contributed by atoms with Crippen molar-refractivity contribution in [3.05, 3.63) is 30.1 Å². The smallest absolute Gasteiger partial charge is 0.252 e. The van der Waals surface area contributed by atoms with Crippen LogP contribution in [0.3, 0.4) is 0 Å². The van der Waals surface area contributed by atoms with Crippen LogP contribution in [-0.2, 0) is 0 Å². The SMILES string of the molecule is C[C@H]1CNCCN1CCCCCCCCCC[C@H](N)CNC(=O)c1cccnc1.Cl. The molecule has 4 N–H and O–H groups in total. The Hall–Kier alpha value is -1.21. The van der Waals surface area contributed by atoms with Gasteiger partial charge in [0.2, 0.25) is 0 Å². The first kappa shape index (κ1) is 26.8. The van der Waals surface area contributed by atoms with Crippen LogP contribution in [0.4, 0.5) is 0 Å². The minimum atomic E-state index is -0.0973. The number of nitrogens with one attached hydrogen (secondary N) is 2. The summed E-state index contributed by atoms with van der Waals surface area (Å²) in [7, 11) is 0. The highest BCUT2D eigenvalue weighted by atomic mass is 35.5. The van der Waals surface area contributed by atoms with E-state index in [0.717, 1.165) is 25.9 Å². The van der Waals surface area contributed by atoms with Crippen molar-refractivity contribution in [2.45, 2.75) is 76.8 Å². The van der Waals surface area contributed by atoms with E-state index in [1.54, 1.807) is 24.5 Å². The third-order valence-corrected chi connectivity index (χ3v) is 5.86. The summed E-state index contributed by atoms with van der Waals surface area (Å²) in [5.41, 5.74) is 6.71. The quantitative estimate of drug-likeness (QED) is 0.387. The van der Waals surface area contributed by atoms with Gasteiger partial charge in [0.1, 0.15) is 0 Å².